The van der Waals surface area contributed by atoms with E-state index in [2.05, 4.69) is 5.38 Å². The van der Waals surface area contributed by atoms with E-state index in [4.69, 9.17) is 0 Å². The third-order valence-corrected chi connectivity index (χ3v) is 2.17. The third-order valence-electron chi connectivity index (χ3n) is 1.36. The molecule has 2 heteroatoms. The Bertz CT molecular complexity index is 351. The summed E-state index contributed by atoms with van der Waals surface area (Å²) in [6.07, 6.45) is 0. The fraction of sp³-hybridized carbons (Fsp3) is 0. The maximum atomic E-state index is 12.5. The minimum Gasteiger partial charge on any atom is -0.207 e. The van der Waals surface area contributed by atoms with Gasteiger partial charge in [-0.05, 0) is 23.6 Å². The second kappa shape index (κ2) is 2.06. The lowest BCUT2D eigenvalue weighted by atomic mass is 10.3. The van der Waals surface area contributed by atoms with Gasteiger partial charge in [-0.15, -0.1) is 11.3 Å². The van der Waals surface area contributed by atoms with Gasteiger partial charge in [0.1, 0.15) is 5.82 Å². The molecule has 0 amide bonds. The average Bonchev–Trinajstić information content (AvgIpc) is 2.33. The first-order valence-electron chi connectivity index (χ1n) is 2.91. The summed E-state index contributed by atoms with van der Waals surface area (Å²) in [6.45, 7) is 0. The number of halogens is 1. The molecule has 0 fully saturated rings. The van der Waals surface area contributed by atoms with Crippen molar-refractivity contribution in [1.29, 1.82) is 0 Å². The fourth-order valence-electron chi connectivity index (χ4n) is 0.872. The highest BCUT2D eigenvalue weighted by molar-refractivity contribution is 7.16. The Morgan fingerprint density at radius 2 is 2.30 bits per heavy atom. The minimum atomic E-state index is -0.177. The molecule has 0 aliphatic carbocycles. The summed E-state index contributed by atoms with van der Waals surface area (Å²) in [5.74, 6) is -0.177. The van der Waals surface area contributed by atoms with Crippen molar-refractivity contribution in [3.8, 4) is 0 Å². The number of hydrogen-bond acceptors (Lipinski definition) is 1. The molecule has 0 saturated carbocycles. The van der Waals surface area contributed by atoms with Gasteiger partial charge in [0.15, 0.2) is 0 Å². The van der Waals surface area contributed by atoms with Crippen molar-refractivity contribution in [2.45, 2.75) is 0 Å². The Morgan fingerprint density at radius 3 is 3.20 bits per heavy atom. The first-order valence-corrected chi connectivity index (χ1v) is 3.73. The molecular formula is C8H4FS. The van der Waals surface area contributed by atoms with Crippen LogP contribution in [0.3, 0.4) is 0 Å². The zero-order valence-corrected chi connectivity index (χ0v) is 5.91. The lowest BCUT2D eigenvalue weighted by Gasteiger charge is -1.86. The maximum Gasteiger partial charge on any atom is 0.124 e. The number of benzene rings is 1. The van der Waals surface area contributed by atoms with Gasteiger partial charge in [0.2, 0.25) is 0 Å². The van der Waals surface area contributed by atoms with Crippen LogP contribution >= 0.6 is 11.3 Å². The van der Waals surface area contributed by atoms with Crippen LogP contribution < -0.4 is 0 Å². The largest absolute Gasteiger partial charge is 0.207 e. The van der Waals surface area contributed by atoms with Gasteiger partial charge in [0, 0.05) is 10.1 Å². The van der Waals surface area contributed by atoms with Crippen molar-refractivity contribution in [2.24, 2.45) is 0 Å². The van der Waals surface area contributed by atoms with Crippen molar-refractivity contribution >= 4 is 21.4 Å². The van der Waals surface area contributed by atoms with Gasteiger partial charge in [-0.2, -0.15) is 0 Å². The van der Waals surface area contributed by atoms with Gasteiger partial charge in [-0.1, -0.05) is 6.07 Å². The van der Waals surface area contributed by atoms with E-state index in [-0.39, 0.29) is 5.82 Å². The van der Waals surface area contributed by atoms with Gasteiger partial charge in [-0.25, -0.2) is 4.39 Å². The normalized spacial score (nSPS) is 10.5. The van der Waals surface area contributed by atoms with E-state index < -0.39 is 0 Å². The van der Waals surface area contributed by atoms with Crippen LogP contribution in [0.5, 0.6) is 0 Å². The van der Waals surface area contributed by atoms with Crippen molar-refractivity contribution < 1.29 is 4.39 Å². The van der Waals surface area contributed by atoms with Crippen LogP contribution in [0.2, 0.25) is 0 Å². The zero-order chi connectivity index (χ0) is 6.97. The predicted molar refractivity (Wildman–Crippen MR) is 40.6 cm³/mol. The monoisotopic (exact) mass is 151 g/mol. The van der Waals surface area contributed by atoms with E-state index in [0.29, 0.717) is 0 Å². The Labute approximate surface area is 61.9 Å². The van der Waals surface area contributed by atoms with Gasteiger partial charge in [0.05, 0.1) is 0 Å². The lowest BCUT2D eigenvalue weighted by Crippen LogP contribution is -1.67. The summed E-state index contributed by atoms with van der Waals surface area (Å²) in [6, 6.07) is 6.61. The van der Waals surface area contributed by atoms with Gasteiger partial charge in [0.25, 0.3) is 0 Å². The third kappa shape index (κ3) is 0.809. The van der Waals surface area contributed by atoms with Gasteiger partial charge < -0.3 is 0 Å². The highest BCUT2D eigenvalue weighted by atomic mass is 32.1. The van der Waals surface area contributed by atoms with E-state index in [9.17, 15) is 4.39 Å². The Balaban J connectivity index is 2.86. The molecule has 0 spiro atoms. The summed E-state index contributed by atoms with van der Waals surface area (Å²) in [5, 5.41) is 4.00. The molecule has 0 saturated heterocycles. The van der Waals surface area contributed by atoms with Crippen LogP contribution in [0.4, 0.5) is 4.39 Å². The molecule has 0 bridgehead atoms. The Morgan fingerprint density at radius 1 is 1.40 bits per heavy atom. The standard InChI is InChI=1S/C8H4FS/c9-7-2-1-6-3-4-10-8(6)5-7/h1-3,5H. The van der Waals surface area contributed by atoms with Crippen LogP contribution in [0.15, 0.2) is 24.3 Å². The van der Waals surface area contributed by atoms with Crippen molar-refractivity contribution in [2.75, 3.05) is 0 Å². The predicted octanol–water partition coefficient (Wildman–Crippen LogP) is 2.84. The summed E-state index contributed by atoms with van der Waals surface area (Å²) < 4.78 is 13.5. The second-order valence-corrected chi connectivity index (χ2v) is 2.93. The first-order chi connectivity index (χ1) is 4.86. The van der Waals surface area contributed by atoms with Crippen LogP contribution in [0.1, 0.15) is 0 Å². The summed E-state index contributed by atoms with van der Waals surface area (Å²) in [4.78, 5) is 0. The van der Waals surface area contributed by atoms with Crippen LogP contribution in [-0.2, 0) is 0 Å². The van der Waals surface area contributed by atoms with Crippen LogP contribution in [-0.4, -0.2) is 0 Å². The number of fused-ring (bicyclic) bond motifs is 1. The van der Waals surface area contributed by atoms with E-state index in [1.807, 2.05) is 6.07 Å². The molecule has 2 aromatic rings. The molecular weight excluding hydrogens is 147 g/mol. The van der Waals surface area contributed by atoms with E-state index in [1.165, 1.54) is 23.5 Å². The smallest absolute Gasteiger partial charge is 0.124 e. The summed E-state index contributed by atoms with van der Waals surface area (Å²) in [7, 11) is 0. The van der Waals surface area contributed by atoms with E-state index >= 15 is 0 Å². The van der Waals surface area contributed by atoms with Crippen molar-refractivity contribution in [1.82, 2.24) is 0 Å². The Kier molecular flexibility index (Phi) is 1.21. The minimum absolute atomic E-state index is 0.177. The fourth-order valence-corrected chi connectivity index (χ4v) is 1.60. The molecule has 0 unspecified atom stereocenters. The number of thiophene rings is 1. The second-order valence-electron chi connectivity index (χ2n) is 2.05. The van der Waals surface area contributed by atoms with Crippen LogP contribution in [0.25, 0.3) is 10.1 Å². The molecule has 1 heterocycles. The molecule has 0 nitrogen and oxygen atoms in total. The highest BCUT2D eigenvalue weighted by Gasteiger charge is 1.94. The molecule has 0 aliphatic heterocycles. The molecule has 0 aliphatic rings. The van der Waals surface area contributed by atoms with E-state index in [1.54, 1.807) is 6.07 Å². The molecule has 0 atom stereocenters. The van der Waals surface area contributed by atoms with Gasteiger partial charge in [-0.3, -0.25) is 0 Å². The van der Waals surface area contributed by atoms with E-state index in [0.717, 1.165) is 10.1 Å². The summed E-state index contributed by atoms with van der Waals surface area (Å²) in [5.41, 5.74) is 0. The molecule has 1 aromatic heterocycles. The topological polar surface area (TPSA) is 0 Å². The van der Waals surface area contributed by atoms with Crippen molar-refractivity contribution in [3.63, 3.8) is 0 Å². The maximum absolute atomic E-state index is 12.5. The molecule has 0 N–H and O–H groups in total. The number of hydrogen-bond donors (Lipinski definition) is 0. The SMILES string of the molecule is Fc1ccc2c[c]sc2c1. The zero-order valence-electron chi connectivity index (χ0n) is 5.10. The lowest BCUT2D eigenvalue weighted by molar-refractivity contribution is 0.630. The molecule has 1 aromatic carbocycles. The number of rotatable bonds is 0. The quantitative estimate of drug-likeness (QED) is 0.543. The summed E-state index contributed by atoms with van der Waals surface area (Å²) >= 11 is 1.44. The first kappa shape index (κ1) is 5.86. The molecule has 49 valence electrons. The molecule has 2 rings (SSSR count). The molecule has 1 radical (unpaired) electrons. The Hall–Kier alpha value is -0.890. The van der Waals surface area contributed by atoms with Crippen molar-refractivity contribution in [3.05, 3.63) is 35.5 Å². The average molecular weight is 151 g/mol. The molecule has 10 heavy (non-hydrogen) atoms. The van der Waals surface area contributed by atoms with Gasteiger partial charge >= 0.3 is 0 Å². The van der Waals surface area contributed by atoms with Crippen LogP contribution in [0, 0.1) is 11.2 Å². The highest BCUT2D eigenvalue weighted by Crippen LogP contribution is 2.20.